The predicted molar refractivity (Wildman–Crippen MR) is 39.3 cm³/mol. The molecule has 0 amide bonds. The van der Waals surface area contributed by atoms with Crippen LogP contribution in [0.5, 0.6) is 0 Å². The monoisotopic (exact) mass is 208 g/mol. The fourth-order valence-corrected chi connectivity index (χ4v) is 0.906. The van der Waals surface area contributed by atoms with Gasteiger partial charge >= 0.3 is 6.18 Å². The van der Waals surface area contributed by atoms with E-state index in [9.17, 15) is 18.0 Å². The number of aromatic amines is 1. The maximum Gasteiger partial charge on any atom is 0.425 e. The minimum absolute atomic E-state index is 0.214. The van der Waals surface area contributed by atoms with Crippen LogP contribution in [-0.2, 0) is 16.0 Å². The molecule has 1 atom stereocenters. The molecule has 0 fully saturated rings. The Balaban J connectivity index is 2.65. The van der Waals surface area contributed by atoms with E-state index in [1.54, 1.807) is 0 Å². The summed E-state index contributed by atoms with van der Waals surface area (Å²) in [7, 11) is 0. The number of carbonyl (C=O) groups is 1. The quantitative estimate of drug-likeness (QED) is 0.752. The van der Waals surface area contributed by atoms with Crippen LogP contribution in [0.4, 0.5) is 13.2 Å². The van der Waals surface area contributed by atoms with Crippen molar-refractivity contribution in [3.63, 3.8) is 0 Å². The van der Waals surface area contributed by atoms with Gasteiger partial charge in [0.15, 0.2) is 0 Å². The first kappa shape index (κ1) is 10.6. The van der Waals surface area contributed by atoms with Crippen molar-refractivity contribution in [1.82, 2.24) is 10.2 Å². The normalized spacial score (nSPS) is 13.6. The molecular formula is C7H7F3N2O2. The summed E-state index contributed by atoms with van der Waals surface area (Å²) in [6.45, 7) is -0.214. The van der Waals surface area contributed by atoms with Crippen molar-refractivity contribution in [1.29, 1.82) is 0 Å². The van der Waals surface area contributed by atoms with Crippen LogP contribution in [0.15, 0.2) is 12.3 Å². The van der Waals surface area contributed by atoms with Gasteiger partial charge in [-0.15, -0.1) is 0 Å². The summed E-state index contributed by atoms with van der Waals surface area (Å²) in [6, 6.07) is 1.38. The molecule has 0 saturated heterocycles. The van der Waals surface area contributed by atoms with Gasteiger partial charge < -0.3 is 4.74 Å². The Morgan fingerprint density at radius 1 is 1.64 bits per heavy atom. The van der Waals surface area contributed by atoms with Crippen molar-refractivity contribution in [2.45, 2.75) is 18.7 Å². The molecule has 1 aromatic heterocycles. The van der Waals surface area contributed by atoms with Gasteiger partial charge in [-0.2, -0.15) is 18.3 Å². The standard InChI is InChI=1S/C7H7F3N2O2/c8-7(9,10)6(14-4-13)3-5-1-2-11-12-5/h1-2,4,6H,3H2,(H,11,12). The number of H-pyrrole nitrogens is 1. The average Bonchev–Trinajstić information content (AvgIpc) is 2.54. The van der Waals surface area contributed by atoms with Gasteiger partial charge in [-0.3, -0.25) is 9.89 Å². The number of ether oxygens (including phenoxy) is 1. The van der Waals surface area contributed by atoms with Crippen molar-refractivity contribution in [3.05, 3.63) is 18.0 Å². The summed E-state index contributed by atoms with van der Waals surface area (Å²) in [5.74, 6) is 0. The van der Waals surface area contributed by atoms with E-state index in [1.807, 2.05) is 0 Å². The molecule has 0 saturated carbocycles. The second-order valence-corrected chi connectivity index (χ2v) is 2.55. The SMILES string of the molecule is O=COC(Cc1ccn[nH]1)C(F)(F)F. The number of nitrogens with one attached hydrogen (secondary N) is 1. The highest BCUT2D eigenvalue weighted by molar-refractivity contribution is 5.37. The van der Waals surface area contributed by atoms with Crippen LogP contribution in [0.1, 0.15) is 5.69 Å². The van der Waals surface area contributed by atoms with E-state index in [-0.39, 0.29) is 12.2 Å². The lowest BCUT2D eigenvalue weighted by Gasteiger charge is -2.17. The second-order valence-electron chi connectivity index (χ2n) is 2.55. The van der Waals surface area contributed by atoms with E-state index in [0.29, 0.717) is 0 Å². The van der Waals surface area contributed by atoms with Gasteiger partial charge in [-0.05, 0) is 6.07 Å². The number of aromatic nitrogens is 2. The maximum absolute atomic E-state index is 12.2. The lowest BCUT2D eigenvalue weighted by atomic mass is 10.2. The highest BCUT2D eigenvalue weighted by atomic mass is 19.4. The zero-order valence-corrected chi connectivity index (χ0v) is 6.91. The number of nitrogens with zero attached hydrogens (tertiary/aromatic N) is 1. The Labute approximate surface area is 77.1 Å². The van der Waals surface area contributed by atoms with Crippen molar-refractivity contribution in [2.24, 2.45) is 0 Å². The molecule has 0 radical (unpaired) electrons. The van der Waals surface area contributed by atoms with Crippen LogP contribution in [0.25, 0.3) is 0 Å². The third kappa shape index (κ3) is 2.75. The van der Waals surface area contributed by atoms with Crippen molar-refractivity contribution < 1.29 is 22.7 Å². The van der Waals surface area contributed by atoms with Gasteiger partial charge in [-0.25, -0.2) is 0 Å². The van der Waals surface area contributed by atoms with E-state index in [0.717, 1.165) is 0 Å². The largest absolute Gasteiger partial charge is 0.454 e. The van der Waals surface area contributed by atoms with Gasteiger partial charge in [0.1, 0.15) is 0 Å². The minimum Gasteiger partial charge on any atom is -0.454 e. The van der Waals surface area contributed by atoms with Gasteiger partial charge in [0.25, 0.3) is 6.47 Å². The zero-order chi connectivity index (χ0) is 10.6. The third-order valence-electron chi connectivity index (χ3n) is 1.55. The molecule has 0 aromatic carbocycles. The van der Waals surface area contributed by atoms with Gasteiger partial charge in [-0.1, -0.05) is 0 Å². The van der Waals surface area contributed by atoms with E-state index in [1.165, 1.54) is 12.3 Å². The Morgan fingerprint density at radius 3 is 2.79 bits per heavy atom. The summed E-state index contributed by atoms with van der Waals surface area (Å²) < 4.78 is 40.5. The molecule has 7 heteroatoms. The topological polar surface area (TPSA) is 55.0 Å². The highest BCUT2D eigenvalue weighted by Gasteiger charge is 2.41. The molecule has 0 bridgehead atoms. The van der Waals surface area contributed by atoms with Crippen LogP contribution < -0.4 is 0 Å². The molecule has 0 aliphatic carbocycles. The summed E-state index contributed by atoms with van der Waals surface area (Å²) in [4.78, 5) is 9.84. The van der Waals surface area contributed by atoms with E-state index >= 15 is 0 Å². The first-order valence-electron chi connectivity index (χ1n) is 3.68. The summed E-state index contributed by atoms with van der Waals surface area (Å²) in [5, 5.41) is 5.83. The van der Waals surface area contributed by atoms with Crippen LogP contribution >= 0.6 is 0 Å². The molecule has 4 nitrogen and oxygen atoms in total. The Kier molecular flexibility index (Phi) is 3.10. The Hall–Kier alpha value is -1.53. The zero-order valence-electron chi connectivity index (χ0n) is 6.91. The fraction of sp³-hybridized carbons (Fsp3) is 0.429. The van der Waals surface area contributed by atoms with Crippen molar-refractivity contribution in [3.8, 4) is 0 Å². The molecular weight excluding hydrogens is 201 g/mol. The first-order chi connectivity index (χ1) is 6.54. The molecule has 1 unspecified atom stereocenters. The number of hydrogen-bond acceptors (Lipinski definition) is 3. The second kappa shape index (κ2) is 4.12. The molecule has 0 spiro atoms. The molecule has 0 aliphatic heterocycles. The van der Waals surface area contributed by atoms with Crippen LogP contribution in [0, 0.1) is 0 Å². The number of hydrogen-bond donors (Lipinski definition) is 1. The van der Waals surface area contributed by atoms with Gasteiger partial charge in [0, 0.05) is 18.3 Å². The lowest BCUT2D eigenvalue weighted by Crippen LogP contribution is -2.33. The number of alkyl halides is 3. The molecule has 1 aromatic rings. The molecule has 0 aliphatic rings. The van der Waals surface area contributed by atoms with Crippen molar-refractivity contribution in [2.75, 3.05) is 0 Å². The van der Waals surface area contributed by atoms with Gasteiger partial charge in [0.2, 0.25) is 6.10 Å². The minimum atomic E-state index is -4.56. The maximum atomic E-state index is 12.2. The third-order valence-corrected chi connectivity index (χ3v) is 1.55. The predicted octanol–water partition coefficient (Wildman–Crippen LogP) is 1.06. The Morgan fingerprint density at radius 2 is 2.36 bits per heavy atom. The summed E-state index contributed by atoms with van der Waals surface area (Å²) in [5.41, 5.74) is 0.258. The average molecular weight is 208 g/mol. The Bertz CT molecular complexity index is 284. The van der Waals surface area contributed by atoms with Crippen LogP contribution in [0.2, 0.25) is 0 Å². The summed E-state index contributed by atoms with van der Waals surface area (Å²) in [6.07, 6.45) is -5.82. The fourth-order valence-electron chi connectivity index (χ4n) is 0.906. The van der Waals surface area contributed by atoms with Crippen LogP contribution in [0.3, 0.4) is 0 Å². The first-order valence-corrected chi connectivity index (χ1v) is 3.68. The van der Waals surface area contributed by atoms with Crippen LogP contribution in [-0.4, -0.2) is 28.9 Å². The van der Waals surface area contributed by atoms with Gasteiger partial charge in [0.05, 0.1) is 0 Å². The molecule has 1 rings (SSSR count). The number of rotatable bonds is 4. The lowest BCUT2D eigenvalue weighted by molar-refractivity contribution is -0.213. The van der Waals surface area contributed by atoms with E-state index in [2.05, 4.69) is 14.9 Å². The molecule has 1 N–H and O–H groups in total. The number of halogens is 3. The van der Waals surface area contributed by atoms with E-state index < -0.39 is 18.7 Å². The summed E-state index contributed by atoms with van der Waals surface area (Å²) >= 11 is 0. The highest BCUT2D eigenvalue weighted by Crippen LogP contribution is 2.24. The molecule has 78 valence electrons. The van der Waals surface area contributed by atoms with E-state index in [4.69, 9.17) is 0 Å². The number of carbonyl (C=O) groups excluding carboxylic acids is 1. The molecule has 1 heterocycles. The van der Waals surface area contributed by atoms with Crippen molar-refractivity contribution >= 4 is 6.47 Å². The molecule has 14 heavy (non-hydrogen) atoms. The smallest absolute Gasteiger partial charge is 0.425 e.